The molecule has 0 fully saturated rings. The van der Waals surface area contributed by atoms with Gasteiger partial charge in [0.15, 0.2) is 0 Å². The lowest BCUT2D eigenvalue weighted by atomic mass is 9.86. The van der Waals surface area contributed by atoms with Crippen LogP contribution in [0.2, 0.25) is 0 Å². The molecule has 0 heterocycles. The smallest absolute Gasteiger partial charge is 0.0116 e. The number of hydrogen-bond acceptors (Lipinski definition) is 2. The summed E-state index contributed by atoms with van der Waals surface area (Å²) in [5.74, 6) is 0. The highest BCUT2D eigenvalue weighted by Gasteiger charge is 2.16. The highest BCUT2D eigenvalue weighted by atomic mass is 14.6. The molecule has 2 aliphatic rings. The van der Waals surface area contributed by atoms with Gasteiger partial charge in [0, 0.05) is 11.4 Å². The second-order valence-electron chi connectivity index (χ2n) is 5.84. The Hall–Kier alpha value is -0.920. The molecule has 0 saturated carbocycles. The van der Waals surface area contributed by atoms with Crippen molar-refractivity contribution in [2.24, 2.45) is 11.5 Å². The zero-order chi connectivity index (χ0) is 12.8. The molecule has 0 radical (unpaired) electrons. The van der Waals surface area contributed by atoms with Crippen LogP contribution >= 0.6 is 0 Å². The standard InChI is InChI=1S/C16H28N2/c17-15-11-7-3-1-5-9-13(15)14-10-6-2-4-8-12-16(14)18/h1-12,17-18H2. The third kappa shape index (κ3) is 3.54. The Bertz CT molecular complexity index is 305. The second kappa shape index (κ2) is 6.86. The van der Waals surface area contributed by atoms with Gasteiger partial charge >= 0.3 is 0 Å². The van der Waals surface area contributed by atoms with Gasteiger partial charge in [-0.3, -0.25) is 0 Å². The normalized spacial score (nSPS) is 24.2. The summed E-state index contributed by atoms with van der Waals surface area (Å²) in [7, 11) is 0. The average Bonchev–Trinajstić information content (AvgIpc) is 2.32. The first-order valence-corrected chi connectivity index (χ1v) is 7.74. The third-order valence-electron chi connectivity index (χ3n) is 4.39. The molecule has 2 aliphatic carbocycles. The molecule has 0 unspecified atom stereocenters. The molecule has 0 spiro atoms. The molecule has 2 heteroatoms. The van der Waals surface area contributed by atoms with Crippen LogP contribution in [0.15, 0.2) is 22.5 Å². The van der Waals surface area contributed by atoms with Gasteiger partial charge in [-0.05, 0) is 62.5 Å². The van der Waals surface area contributed by atoms with E-state index in [1.165, 1.54) is 62.5 Å². The van der Waals surface area contributed by atoms with Gasteiger partial charge in [0.2, 0.25) is 0 Å². The summed E-state index contributed by atoms with van der Waals surface area (Å²) in [5.41, 5.74) is 17.8. The summed E-state index contributed by atoms with van der Waals surface area (Å²) >= 11 is 0. The Labute approximate surface area is 112 Å². The van der Waals surface area contributed by atoms with Gasteiger partial charge in [-0.25, -0.2) is 0 Å². The van der Waals surface area contributed by atoms with Crippen LogP contribution in [0, 0.1) is 0 Å². The summed E-state index contributed by atoms with van der Waals surface area (Å²) < 4.78 is 0. The highest BCUT2D eigenvalue weighted by molar-refractivity contribution is 5.38. The van der Waals surface area contributed by atoms with Crippen LogP contribution < -0.4 is 11.5 Å². The Balaban J connectivity index is 2.23. The molecule has 0 aromatic heterocycles. The van der Waals surface area contributed by atoms with E-state index < -0.39 is 0 Å². The van der Waals surface area contributed by atoms with Crippen LogP contribution in [0.1, 0.15) is 77.0 Å². The summed E-state index contributed by atoms with van der Waals surface area (Å²) in [6, 6.07) is 0. The molecule has 0 bridgehead atoms. The van der Waals surface area contributed by atoms with Crippen LogP contribution in [-0.2, 0) is 0 Å². The first-order chi connectivity index (χ1) is 8.79. The Morgan fingerprint density at radius 3 is 1.17 bits per heavy atom. The molecular formula is C16H28N2. The van der Waals surface area contributed by atoms with E-state index in [0.717, 1.165) is 37.1 Å². The van der Waals surface area contributed by atoms with Gasteiger partial charge in [-0.2, -0.15) is 0 Å². The summed E-state index contributed by atoms with van der Waals surface area (Å²) in [5, 5.41) is 0. The zero-order valence-corrected chi connectivity index (χ0v) is 11.6. The van der Waals surface area contributed by atoms with E-state index in [-0.39, 0.29) is 0 Å². The Kier molecular flexibility index (Phi) is 5.15. The van der Waals surface area contributed by atoms with Crippen LogP contribution in [0.5, 0.6) is 0 Å². The molecule has 0 aromatic carbocycles. The molecule has 0 aliphatic heterocycles. The van der Waals surface area contributed by atoms with Crippen molar-refractivity contribution in [1.29, 1.82) is 0 Å². The minimum absolute atomic E-state index is 1.08. The number of allylic oxidation sites excluding steroid dienone is 4. The van der Waals surface area contributed by atoms with Crippen LogP contribution in [0.3, 0.4) is 0 Å². The van der Waals surface area contributed by atoms with Crippen LogP contribution in [-0.4, -0.2) is 0 Å². The van der Waals surface area contributed by atoms with Crippen molar-refractivity contribution in [3.8, 4) is 0 Å². The monoisotopic (exact) mass is 248 g/mol. The fourth-order valence-corrected chi connectivity index (χ4v) is 3.25. The van der Waals surface area contributed by atoms with Crippen molar-refractivity contribution in [3.63, 3.8) is 0 Å². The number of rotatable bonds is 1. The van der Waals surface area contributed by atoms with E-state index in [1.54, 1.807) is 0 Å². The van der Waals surface area contributed by atoms with Crippen molar-refractivity contribution in [1.82, 2.24) is 0 Å². The Morgan fingerprint density at radius 2 is 0.778 bits per heavy atom. The SMILES string of the molecule is NC1=C(C2=C(N)CCCCCC2)CCCCCC1. The van der Waals surface area contributed by atoms with E-state index in [4.69, 9.17) is 11.5 Å². The largest absolute Gasteiger partial charge is 0.402 e. The first kappa shape index (κ1) is 13.5. The number of hydrogen-bond donors (Lipinski definition) is 2. The molecular weight excluding hydrogens is 220 g/mol. The lowest BCUT2D eigenvalue weighted by Gasteiger charge is -2.22. The summed E-state index contributed by atoms with van der Waals surface area (Å²) in [4.78, 5) is 0. The second-order valence-corrected chi connectivity index (χ2v) is 5.84. The summed E-state index contributed by atoms with van der Waals surface area (Å²) in [6.07, 6.45) is 14.9. The molecule has 4 N–H and O–H groups in total. The molecule has 0 aromatic rings. The van der Waals surface area contributed by atoms with Crippen LogP contribution in [0.4, 0.5) is 0 Å². The fourth-order valence-electron chi connectivity index (χ4n) is 3.25. The molecule has 0 saturated heterocycles. The molecule has 102 valence electrons. The average molecular weight is 248 g/mol. The van der Waals surface area contributed by atoms with Gasteiger partial charge in [0.05, 0.1) is 0 Å². The topological polar surface area (TPSA) is 52.0 Å². The predicted molar refractivity (Wildman–Crippen MR) is 77.8 cm³/mol. The Morgan fingerprint density at radius 1 is 0.444 bits per heavy atom. The molecule has 2 rings (SSSR count). The maximum absolute atomic E-state index is 6.32. The van der Waals surface area contributed by atoms with Gasteiger partial charge < -0.3 is 11.5 Å². The van der Waals surface area contributed by atoms with Crippen molar-refractivity contribution in [2.75, 3.05) is 0 Å². The first-order valence-electron chi connectivity index (χ1n) is 7.74. The minimum atomic E-state index is 1.08. The maximum Gasteiger partial charge on any atom is 0.0116 e. The van der Waals surface area contributed by atoms with Crippen molar-refractivity contribution in [2.45, 2.75) is 77.0 Å². The van der Waals surface area contributed by atoms with Gasteiger partial charge in [0.25, 0.3) is 0 Å². The van der Waals surface area contributed by atoms with Gasteiger partial charge in [-0.1, -0.05) is 25.7 Å². The molecule has 0 atom stereocenters. The van der Waals surface area contributed by atoms with Crippen molar-refractivity contribution in [3.05, 3.63) is 22.5 Å². The van der Waals surface area contributed by atoms with E-state index in [9.17, 15) is 0 Å². The lowest BCUT2D eigenvalue weighted by Crippen LogP contribution is -2.13. The van der Waals surface area contributed by atoms with E-state index in [2.05, 4.69) is 0 Å². The van der Waals surface area contributed by atoms with Crippen molar-refractivity contribution >= 4 is 0 Å². The summed E-state index contributed by atoms with van der Waals surface area (Å²) in [6.45, 7) is 0. The molecule has 18 heavy (non-hydrogen) atoms. The number of nitrogens with two attached hydrogens (primary N) is 2. The highest BCUT2D eigenvalue weighted by Crippen LogP contribution is 2.32. The molecule has 0 amide bonds. The van der Waals surface area contributed by atoms with E-state index in [1.807, 2.05) is 0 Å². The zero-order valence-electron chi connectivity index (χ0n) is 11.6. The maximum atomic E-state index is 6.32. The van der Waals surface area contributed by atoms with Crippen molar-refractivity contribution < 1.29 is 0 Å². The van der Waals surface area contributed by atoms with Gasteiger partial charge in [0.1, 0.15) is 0 Å². The van der Waals surface area contributed by atoms with Crippen LogP contribution in [0.25, 0.3) is 0 Å². The minimum Gasteiger partial charge on any atom is -0.402 e. The van der Waals surface area contributed by atoms with E-state index in [0.29, 0.717) is 0 Å². The lowest BCUT2D eigenvalue weighted by molar-refractivity contribution is 0.586. The van der Waals surface area contributed by atoms with E-state index >= 15 is 0 Å². The third-order valence-corrected chi connectivity index (χ3v) is 4.39. The van der Waals surface area contributed by atoms with Gasteiger partial charge in [-0.15, -0.1) is 0 Å². The quantitative estimate of drug-likeness (QED) is 0.733. The molecule has 2 nitrogen and oxygen atoms in total. The fraction of sp³-hybridized carbons (Fsp3) is 0.750. The predicted octanol–water partition coefficient (Wildman–Crippen LogP) is 4.12.